The van der Waals surface area contributed by atoms with E-state index < -0.39 is 6.10 Å². The molecule has 1 atom stereocenters. The van der Waals surface area contributed by atoms with Crippen molar-refractivity contribution in [2.45, 2.75) is 39.2 Å². The molecule has 94 valence electrons. The van der Waals surface area contributed by atoms with Gasteiger partial charge in [-0.15, -0.1) is 0 Å². The average Bonchev–Trinajstić information content (AvgIpc) is 2.28. The lowest BCUT2D eigenvalue weighted by Gasteiger charge is -2.32. The highest BCUT2D eigenvalue weighted by molar-refractivity contribution is 5.39. The Morgan fingerprint density at radius 2 is 2.24 bits per heavy atom. The van der Waals surface area contributed by atoms with Crippen molar-refractivity contribution in [3.63, 3.8) is 0 Å². The standard InChI is InChI=1S/C14H22N2O/c1-3-16(10-12-5-4-6-12)14-8-7-13(9-15-14)11(2)17/h7-9,11-12,17H,3-6,10H2,1-2H3/t11-/m0/s1. The Labute approximate surface area is 103 Å². The molecule has 0 spiro atoms. The smallest absolute Gasteiger partial charge is 0.128 e. The Morgan fingerprint density at radius 3 is 2.65 bits per heavy atom. The number of nitrogens with zero attached hydrogens (tertiary/aromatic N) is 2. The number of aliphatic hydroxyl groups excluding tert-OH is 1. The van der Waals surface area contributed by atoms with Gasteiger partial charge >= 0.3 is 0 Å². The molecule has 0 aliphatic heterocycles. The van der Waals surface area contributed by atoms with Gasteiger partial charge in [-0.2, -0.15) is 0 Å². The van der Waals surface area contributed by atoms with Crippen LogP contribution in [0, 0.1) is 5.92 Å². The molecule has 0 radical (unpaired) electrons. The largest absolute Gasteiger partial charge is 0.389 e. The lowest BCUT2D eigenvalue weighted by Crippen LogP contribution is -2.32. The number of hydrogen-bond donors (Lipinski definition) is 1. The predicted octanol–water partition coefficient (Wildman–Crippen LogP) is 2.76. The molecule has 1 saturated carbocycles. The van der Waals surface area contributed by atoms with Gasteiger partial charge in [0.05, 0.1) is 6.10 Å². The first-order valence-electron chi connectivity index (χ1n) is 6.59. The van der Waals surface area contributed by atoms with Crippen LogP contribution in [0.15, 0.2) is 18.3 Å². The van der Waals surface area contributed by atoms with Crippen LogP contribution in [-0.4, -0.2) is 23.2 Å². The van der Waals surface area contributed by atoms with Crippen molar-refractivity contribution in [1.82, 2.24) is 4.98 Å². The molecule has 1 aliphatic carbocycles. The molecule has 0 amide bonds. The maximum atomic E-state index is 9.45. The molecule has 0 saturated heterocycles. The second kappa shape index (κ2) is 5.50. The zero-order valence-electron chi connectivity index (χ0n) is 10.8. The highest BCUT2D eigenvalue weighted by atomic mass is 16.3. The molecular formula is C14H22N2O. The predicted molar refractivity (Wildman–Crippen MR) is 70.1 cm³/mol. The van der Waals surface area contributed by atoms with Gasteiger partial charge < -0.3 is 10.0 Å². The lowest BCUT2D eigenvalue weighted by molar-refractivity contribution is 0.199. The molecule has 1 heterocycles. The number of pyridine rings is 1. The minimum Gasteiger partial charge on any atom is -0.389 e. The van der Waals surface area contributed by atoms with E-state index in [1.165, 1.54) is 19.3 Å². The van der Waals surface area contributed by atoms with E-state index in [9.17, 15) is 5.11 Å². The summed E-state index contributed by atoms with van der Waals surface area (Å²) in [5, 5.41) is 9.45. The number of aliphatic hydroxyl groups is 1. The quantitative estimate of drug-likeness (QED) is 0.851. The topological polar surface area (TPSA) is 36.4 Å². The normalized spacial score (nSPS) is 17.6. The molecule has 3 nitrogen and oxygen atoms in total. The van der Waals surface area contributed by atoms with Crippen molar-refractivity contribution in [3.05, 3.63) is 23.9 Å². The zero-order valence-corrected chi connectivity index (χ0v) is 10.8. The SMILES string of the molecule is CCN(CC1CCC1)c1ccc([C@H](C)O)cn1. The second-order valence-corrected chi connectivity index (χ2v) is 4.96. The van der Waals surface area contributed by atoms with Gasteiger partial charge in [-0.3, -0.25) is 0 Å². The van der Waals surface area contributed by atoms with Gasteiger partial charge in [-0.25, -0.2) is 4.98 Å². The van der Waals surface area contributed by atoms with Gasteiger partial charge in [0.2, 0.25) is 0 Å². The summed E-state index contributed by atoms with van der Waals surface area (Å²) in [7, 11) is 0. The molecule has 1 aromatic rings. The third-order valence-electron chi connectivity index (χ3n) is 3.66. The van der Waals surface area contributed by atoms with Crippen molar-refractivity contribution in [1.29, 1.82) is 0 Å². The van der Waals surface area contributed by atoms with Crippen LogP contribution in [0.5, 0.6) is 0 Å². The molecule has 17 heavy (non-hydrogen) atoms. The van der Waals surface area contributed by atoms with Crippen molar-refractivity contribution in [3.8, 4) is 0 Å². The van der Waals surface area contributed by atoms with Gasteiger partial charge in [0.15, 0.2) is 0 Å². The van der Waals surface area contributed by atoms with Crippen molar-refractivity contribution in [2.75, 3.05) is 18.0 Å². The van der Waals surface area contributed by atoms with Gasteiger partial charge in [0, 0.05) is 19.3 Å². The Balaban J connectivity index is 2.02. The summed E-state index contributed by atoms with van der Waals surface area (Å²) >= 11 is 0. The lowest BCUT2D eigenvalue weighted by atomic mass is 9.85. The fourth-order valence-electron chi connectivity index (χ4n) is 2.20. The van der Waals surface area contributed by atoms with Crippen LogP contribution in [-0.2, 0) is 0 Å². The fourth-order valence-corrected chi connectivity index (χ4v) is 2.20. The van der Waals surface area contributed by atoms with Gasteiger partial charge in [0.25, 0.3) is 0 Å². The average molecular weight is 234 g/mol. The molecule has 1 aliphatic rings. The Hall–Kier alpha value is -1.09. The van der Waals surface area contributed by atoms with Crippen LogP contribution >= 0.6 is 0 Å². The summed E-state index contributed by atoms with van der Waals surface area (Å²) in [5.41, 5.74) is 0.883. The number of anilines is 1. The van der Waals surface area contributed by atoms with Gasteiger partial charge in [-0.05, 0) is 44.2 Å². The molecule has 1 N–H and O–H groups in total. The fraction of sp³-hybridized carbons (Fsp3) is 0.643. The minimum absolute atomic E-state index is 0.432. The van der Waals surface area contributed by atoms with Crippen molar-refractivity contribution < 1.29 is 5.11 Å². The van der Waals surface area contributed by atoms with E-state index in [0.29, 0.717) is 0 Å². The summed E-state index contributed by atoms with van der Waals surface area (Å²) in [6.07, 6.45) is 5.46. The highest BCUT2D eigenvalue weighted by Crippen LogP contribution is 2.28. The van der Waals surface area contributed by atoms with Gasteiger partial charge in [-0.1, -0.05) is 12.5 Å². The number of rotatable bonds is 5. The molecule has 3 heteroatoms. The minimum atomic E-state index is -0.432. The molecule has 2 rings (SSSR count). The van der Waals surface area contributed by atoms with Crippen LogP contribution < -0.4 is 4.90 Å². The zero-order chi connectivity index (χ0) is 12.3. The van der Waals surface area contributed by atoms with Crippen LogP contribution in [0.3, 0.4) is 0 Å². The maximum Gasteiger partial charge on any atom is 0.128 e. The summed E-state index contributed by atoms with van der Waals surface area (Å²) in [6.45, 7) is 6.06. The van der Waals surface area contributed by atoms with E-state index in [1.54, 1.807) is 13.1 Å². The summed E-state index contributed by atoms with van der Waals surface area (Å²) in [6, 6.07) is 3.99. The summed E-state index contributed by atoms with van der Waals surface area (Å²) in [4.78, 5) is 6.78. The molecule has 0 aromatic carbocycles. The van der Waals surface area contributed by atoms with Gasteiger partial charge in [0.1, 0.15) is 5.82 Å². The van der Waals surface area contributed by atoms with Crippen LogP contribution in [0.2, 0.25) is 0 Å². The Bertz CT molecular complexity index is 344. The van der Waals surface area contributed by atoms with E-state index in [1.807, 2.05) is 12.1 Å². The molecule has 1 aromatic heterocycles. The first-order chi connectivity index (χ1) is 8.20. The Kier molecular flexibility index (Phi) is 4.00. The van der Waals surface area contributed by atoms with Crippen molar-refractivity contribution >= 4 is 5.82 Å². The molecular weight excluding hydrogens is 212 g/mol. The third kappa shape index (κ3) is 2.97. The molecule has 1 fully saturated rings. The van der Waals surface area contributed by atoms with Crippen LogP contribution in [0.25, 0.3) is 0 Å². The molecule has 0 unspecified atom stereocenters. The van der Waals surface area contributed by atoms with E-state index in [0.717, 1.165) is 30.4 Å². The monoisotopic (exact) mass is 234 g/mol. The number of hydrogen-bond acceptors (Lipinski definition) is 3. The van der Waals surface area contributed by atoms with E-state index in [2.05, 4.69) is 16.8 Å². The highest BCUT2D eigenvalue weighted by Gasteiger charge is 2.20. The Morgan fingerprint density at radius 1 is 1.47 bits per heavy atom. The maximum absolute atomic E-state index is 9.45. The first-order valence-corrected chi connectivity index (χ1v) is 6.59. The number of aromatic nitrogens is 1. The molecule has 0 bridgehead atoms. The first kappa shape index (κ1) is 12.4. The van der Waals surface area contributed by atoms with Crippen LogP contribution in [0.1, 0.15) is 44.8 Å². The summed E-state index contributed by atoms with van der Waals surface area (Å²) in [5.74, 6) is 1.89. The van der Waals surface area contributed by atoms with E-state index in [-0.39, 0.29) is 0 Å². The third-order valence-corrected chi connectivity index (χ3v) is 3.66. The summed E-state index contributed by atoms with van der Waals surface area (Å²) < 4.78 is 0. The van der Waals surface area contributed by atoms with E-state index >= 15 is 0 Å². The van der Waals surface area contributed by atoms with E-state index in [4.69, 9.17) is 0 Å². The van der Waals surface area contributed by atoms with Crippen molar-refractivity contribution in [2.24, 2.45) is 5.92 Å². The second-order valence-electron chi connectivity index (χ2n) is 4.96. The van der Waals surface area contributed by atoms with Crippen LogP contribution in [0.4, 0.5) is 5.82 Å².